The maximum Gasteiger partial charge on any atom is 0.216 e. The molecule has 0 aliphatic rings. The maximum atomic E-state index is 9.76. The second-order valence-electron chi connectivity index (χ2n) is 7.11. The molecular weight excluding hydrogens is 320 g/mol. The van der Waals surface area contributed by atoms with Crippen LogP contribution in [0.25, 0.3) is 33.2 Å². The van der Waals surface area contributed by atoms with Crippen molar-refractivity contribution < 1.29 is 8.98 Å². The van der Waals surface area contributed by atoms with Crippen molar-refractivity contribution in [3.8, 4) is 17.3 Å². The summed E-state index contributed by atoms with van der Waals surface area (Å²) in [6.45, 7) is 6.30. The Bertz CT molecular complexity index is 1190. The van der Waals surface area contributed by atoms with Crippen molar-refractivity contribution in [2.24, 2.45) is 7.05 Å². The topological polar surface area (TPSA) is 40.8 Å². The molecular formula is C23H21N2O+. The lowest BCUT2D eigenvalue weighted by Gasteiger charge is -2.07. The number of hydrogen-bond acceptors (Lipinski definition) is 2. The molecule has 0 radical (unpaired) electrons. The predicted octanol–water partition coefficient (Wildman–Crippen LogP) is 5.38. The van der Waals surface area contributed by atoms with Crippen molar-refractivity contribution in [2.75, 3.05) is 0 Å². The van der Waals surface area contributed by atoms with Crippen molar-refractivity contribution in [1.82, 2.24) is 0 Å². The summed E-state index contributed by atoms with van der Waals surface area (Å²) < 4.78 is 8.45. The molecule has 0 amide bonds. The highest BCUT2D eigenvalue weighted by molar-refractivity contribution is 6.11. The third kappa shape index (κ3) is 2.30. The minimum Gasteiger partial charge on any atom is -0.454 e. The number of rotatable bonds is 2. The Balaban J connectivity index is 2.16. The summed E-state index contributed by atoms with van der Waals surface area (Å²) in [6, 6.07) is 16.9. The highest BCUT2D eigenvalue weighted by atomic mass is 16.3. The van der Waals surface area contributed by atoms with Gasteiger partial charge in [-0.3, -0.25) is 0 Å². The van der Waals surface area contributed by atoms with Gasteiger partial charge in [0.25, 0.3) is 0 Å². The van der Waals surface area contributed by atoms with Gasteiger partial charge in [-0.05, 0) is 30.0 Å². The zero-order chi connectivity index (χ0) is 18.4. The smallest absolute Gasteiger partial charge is 0.216 e. The molecule has 2 aromatic carbocycles. The molecule has 0 saturated heterocycles. The fourth-order valence-corrected chi connectivity index (χ4v) is 3.72. The molecule has 0 saturated carbocycles. The van der Waals surface area contributed by atoms with Crippen LogP contribution in [0.3, 0.4) is 0 Å². The summed E-state index contributed by atoms with van der Waals surface area (Å²) in [4.78, 5) is 0. The number of nitriles is 1. The minimum absolute atomic E-state index is 0.274. The molecule has 0 aliphatic heterocycles. The summed E-state index contributed by atoms with van der Waals surface area (Å²) in [5.74, 6) is 0.274. The molecule has 2 heterocycles. The van der Waals surface area contributed by atoms with E-state index < -0.39 is 0 Å². The van der Waals surface area contributed by atoms with E-state index in [1.165, 1.54) is 0 Å². The average Bonchev–Trinajstić information content (AvgIpc) is 3.00. The van der Waals surface area contributed by atoms with Crippen LogP contribution < -0.4 is 4.57 Å². The normalized spacial score (nSPS) is 11.4. The van der Waals surface area contributed by atoms with Crippen molar-refractivity contribution in [2.45, 2.75) is 26.7 Å². The molecule has 0 fully saturated rings. The van der Waals surface area contributed by atoms with E-state index in [-0.39, 0.29) is 5.92 Å². The van der Waals surface area contributed by atoms with Crippen molar-refractivity contribution in [3.05, 3.63) is 65.4 Å². The van der Waals surface area contributed by atoms with Crippen molar-refractivity contribution >= 4 is 21.9 Å². The fraction of sp³-hybridized carbons (Fsp3) is 0.217. The molecule has 128 valence electrons. The van der Waals surface area contributed by atoms with E-state index >= 15 is 0 Å². The van der Waals surface area contributed by atoms with Crippen LogP contribution in [0.15, 0.2) is 53.1 Å². The molecule has 4 aromatic rings. The van der Waals surface area contributed by atoms with Crippen LogP contribution >= 0.6 is 0 Å². The molecule has 4 rings (SSSR count). The van der Waals surface area contributed by atoms with Gasteiger partial charge < -0.3 is 4.42 Å². The van der Waals surface area contributed by atoms with Crippen LogP contribution in [-0.2, 0) is 7.05 Å². The first-order valence-corrected chi connectivity index (χ1v) is 8.86. The van der Waals surface area contributed by atoms with E-state index in [0.29, 0.717) is 11.1 Å². The number of nitrogens with zero attached hydrogens (tertiary/aromatic N) is 2. The number of aromatic nitrogens is 1. The Morgan fingerprint density at radius 3 is 2.42 bits per heavy atom. The second kappa shape index (κ2) is 6.00. The highest BCUT2D eigenvalue weighted by Crippen LogP contribution is 2.39. The summed E-state index contributed by atoms with van der Waals surface area (Å²) in [5, 5.41) is 11.8. The van der Waals surface area contributed by atoms with Gasteiger partial charge in [0.15, 0.2) is 11.8 Å². The number of pyridine rings is 1. The Hall–Kier alpha value is -3.12. The molecule has 0 atom stereocenters. The van der Waals surface area contributed by atoms with Crippen LogP contribution in [-0.4, -0.2) is 0 Å². The average molecular weight is 341 g/mol. The highest BCUT2D eigenvalue weighted by Gasteiger charge is 2.22. The number of furan rings is 1. The molecule has 0 unspecified atom stereocenters. The first-order chi connectivity index (χ1) is 12.5. The molecule has 3 nitrogen and oxygen atoms in total. The first kappa shape index (κ1) is 16.4. The maximum absolute atomic E-state index is 9.76. The van der Waals surface area contributed by atoms with Gasteiger partial charge >= 0.3 is 0 Å². The van der Waals surface area contributed by atoms with E-state index in [9.17, 15) is 5.26 Å². The zero-order valence-electron chi connectivity index (χ0n) is 15.5. The van der Waals surface area contributed by atoms with E-state index in [4.69, 9.17) is 4.42 Å². The first-order valence-electron chi connectivity index (χ1n) is 8.86. The summed E-state index contributed by atoms with van der Waals surface area (Å²) in [5.41, 5.74) is 6.55. The van der Waals surface area contributed by atoms with Crippen LogP contribution in [0.2, 0.25) is 0 Å². The zero-order valence-corrected chi connectivity index (χ0v) is 15.5. The third-order valence-electron chi connectivity index (χ3n) is 5.10. The van der Waals surface area contributed by atoms with Gasteiger partial charge in [0.05, 0.1) is 11.1 Å². The molecule has 0 aliphatic carbocycles. The molecule has 3 heteroatoms. The Kier molecular flexibility index (Phi) is 3.77. The lowest BCUT2D eigenvalue weighted by Crippen LogP contribution is -2.30. The largest absolute Gasteiger partial charge is 0.454 e. The summed E-state index contributed by atoms with van der Waals surface area (Å²) >= 11 is 0. The van der Waals surface area contributed by atoms with Crippen LogP contribution in [0, 0.1) is 18.3 Å². The van der Waals surface area contributed by atoms with Gasteiger partial charge in [0.2, 0.25) is 5.69 Å². The van der Waals surface area contributed by atoms with Crippen LogP contribution in [0.1, 0.15) is 36.5 Å². The van der Waals surface area contributed by atoms with Crippen molar-refractivity contribution in [1.29, 1.82) is 5.26 Å². The molecule has 0 N–H and O–H groups in total. The van der Waals surface area contributed by atoms with E-state index in [1.807, 2.05) is 25.4 Å². The van der Waals surface area contributed by atoms with Crippen molar-refractivity contribution in [3.63, 3.8) is 0 Å². The fourth-order valence-electron chi connectivity index (χ4n) is 3.72. The Labute approximate surface area is 153 Å². The van der Waals surface area contributed by atoms with Gasteiger partial charge in [-0.1, -0.05) is 38.1 Å². The van der Waals surface area contributed by atoms with E-state index in [0.717, 1.165) is 38.7 Å². The lowest BCUT2D eigenvalue weighted by atomic mass is 9.95. The monoisotopic (exact) mass is 341 g/mol. The predicted molar refractivity (Wildman–Crippen MR) is 104 cm³/mol. The number of hydrogen-bond donors (Lipinski definition) is 0. The minimum atomic E-state index is 0.274. The SMILES string of the molecule is Cc1ccc2c(oc3c(C#N)c(C(C)C)ccc32)c1-c1cccc[n+]1C. The summed E-state index contributed by atoms with van der Waals surface area (Å²) in [6.07, 6.45) is 2.04. The molecule has 0 bridgehead atoms. The van der Waals surface area contributed by atoms with Gasteiger partial charge in [-0.25, -0.2) is 4.57 Å². The van der Waals surface area contributed by atoms with Gasteiger partial charge in [0, 0.05) is 22.9 Å². The Morgan fingerprint density at radius 1 is 1.00 bits per heavy atom. The standard InChI is InChI=1S/C23H21N2O/c1-14(2)16-10-11-17-18-9-8-15(3)21(20-7-5-6-12-25(20)4)23(18)26-22(17)19(16)13-24/h5-12,14H,1-4H3/q+1. The van der Waals surface area contributed by atoms with E-state index in [2.05, 4.69) is 61.7 Å². The molecule has 2 aromatic heterocycles. The summed E-state index contributed by atoms with van der Waals surface area (Å²) in [7, 11) is 2.04. The molecule has 26 heavy (non-hydrogen) atoms. The van der Waals surface area contributed by atoms with Gasteiger partial charge in [-0.2, -0.15) is 5.26 Å². The second-order valence-corrected chi connectivity index (χ2v) is 7.11. The number of fused-ring (bicyclic) bond motifs is 3. The lowest BCUT2D eigenvalue weighted by molar-refractivity contribution is -0.660. The Morgan fingerprint density at radius 2 is 1.73 bits per heavy atom. The van der Waals surface area contributed by atoms with Crippen LogP contribution in [0.4, 0.5) is 0 Å². The van der Waals surface area contributed by atoms with Gasteiger partial charge in [0.1, 0.15) is 18.7 Å². The van der Waals surface area contributed by atoms with E-state index in [1.54, 1.807) is 0 Å². The van der Waals surface area contributed by atoms with Gasteiger partial charge in [-0.15, -0.1) is 0 Å². The number of aryl methyl sites for hydroxylation is 2. The third-order valence-corrected chi connectivity index (χ3v) is 5.10. The molecule has 0 spiro atoms. The quantitative estimate of drug-likeness (QED) is 0.459. The number of benzene rings is 2. The van der Waals surface area contributed by atoms with Crippen LogP contribution in [0.5, 0.6) is 0 Å².